The van der Waals surface area contributed by atoms with E-state index in [0.717, 1.165) is 17.1 Å². The lowest BCUT2D eigenvalue weighted by Gasteiger charge is -2.40. The molecule has 10 aromatic rings. The van der Waals surface area contributed by atoms with Crippen LogP contribution in [0.1, 0.15) is 22.3 Å². The van der Waals surface area contributed by atoms with E-state index in [1.165, 1.54) is 82.8 Å². The van der Waals surface area contributed by atoms with Crippen LogP contribution in [-0.4, -0.2) is 4.57 Å². The van der Waals surface area contributed by atoms with Crippen LogP contribution in [0.4, 0.5) is 17.1 Å². The monoisotopic (exact) mass is 698 g/mol. The number of benzene rings is 9. The number of hydrogen-bond acceptors (Lipinski definition) is 1. The molecule has 0 fully saturated rings. The van der Waals surface area contributed by atoms with E-state index in [2.05, 4.69) is 216 Å². The van der Waals surface area contributed by atoms with E-state index in [4.69, 9.17) is 0 Å². The fraction of sp³-hybridized carbons (Fsp3) is 0.0189. The van der Waals surface area contributed by atoms with Crippen LogP contribution in [0.5, 0.6) is 0 Å². The molecule has 0 radical (unpaired) electrons. The zero-order valence-corrected chi connectivity index (χ0v) is 30.0. The number of rotatable bonds is 4. The topological polar surface area (TPSA) is 8.17 Å². The van der Waals surface area contributed by atoms with Crippen molar-refractivity contribution in [2.24, 2.45) is 0 Å². The molecule has 0 N–H and O–H groups in total. The second-order valence-electron chi connectivity index (χ2n) is 14.9. The van der Waals surface area contributed by atoms with E-state index < -0.39 is 5.41 Å². The van der Waals surface area contributed by atoms with Gasteiger partial charge in [0.05, 0.1) is 22.1 Å². The summed E-state index contributed by atoms with van der Waals surface area (Å²) in [5.41, 5.74) is 16.9. The Kier molecular flexibility index (Phi) is 6.29. The summed E-state index contributed by atoms with van der Waals surface area (Å²) in [6.07, 6.45) is 0. The molecule has 12 rings (SSSR count). The van der Waals surface area contributed by atoms with E-state index in [-0.39, 0.29) is 0 Å². The van der Waals surface area contributed by atoms with Gasteiger partial charge < -0.3 is 9.47 Å². The number of nitrogens with zero attached hydrogens (tertiary/aromatic N) is 2. The molecule has 1 aromatic heterocycles. The van der Waals surface area contributed by atoms with Gasteiger partial charge in [-0.15, -0.1) is 0 Å². The first-order chi connectivity index (χ1) is 27.3. The smallest absolute Gasteiger partial charge is 0.0755 e. The van der Waals surface area contributed by atoms with Crippen molar-refractivity contribution in [3.8, 4) is 27.9 Å². The third kappa shape index (κ3) is 4.14. The van der Waals surface area contributed by atoms with Crippen molar-refractivity contribution in [2.45, 2.75) is 5.41 Å². The van der Waals surface area contributed by atoms with Crippen molar-refractivity contribution in [2.75, 3.05) is 4.90 Å². The Morgan fingerprint density at radius 2 is 1.00 bits per heavy atom. The van der Waals surface area contributed by atoms with Crippen molar-refractivity contribution >= 4 is 49.6 Å². The summed E-state index contributed by atoms with van der Waals surface area (Å²) in [7, 11) is 0. The van der Waals surface area contributed by atoms with Crippen molar-refractivity contribution < 1.29 is 0 Å². The lowest BCUT2D eigenvalue weighted by Crippen LogP contribution is -2.33. The van der Waals surface area contributed by atoms with Gasteiger partial charge in [0.25, 0.3) is 0 Å². The van der Waals surface area contributed by atoms with Gasteiger partial charge in [0, 0.05) is 27.8 Å². The van der Waals surface area contributed by atoms with Crippen LogP contribution in [0, 0.1) is 0 Å². The summed E-state index contributed by atoms with van der Waals surface area (Å²) in [6.45, 7) is 0. The molecule has 2 heteroatoms. The molecule has 2 aliphatic rings. The largest absolute Gasteiger partial charge is 0.310 e. The molecule has 1 aliphatic heterocycles. The Hall–Kier alpha value is -7.16. The number of anilines is 3. The van der Waals surface area contributed by atoms with E-state index in [0.29, 0.717) is 0 Å². The average molecular weight is 699 g/mol. The zero-order valence-electron chi connectivity index (χ0n) is 30.0. The van der Waals surface area contributed by atoms with Crippen LogP contribution in [0.15, 0.2) is 206 Å². The quantitative estimate of drug-likeness (QED) is 0.178. The Morgan fingerprint density at radius 3 is 1.82 bits per heavy atom. The molecular formula is C53H34N2. The maximum absolute atomic E-state index is 2.53. The summed E-state index contributed by atoms with van der Waals surface area (Å²) in [5.74, 6) is 0. The summed E-state index contributed by atoms with van der Waals surface area (Å²) >= 11 is 0. The van der Waals surface area contributed by atoms with Crippen molar-refractivity contribution in [3.63, 3.8) is 0 Å². The standard InChI is InChI=1S/C53H34N2/c1-2-15-35(16-3-1)38-19-14-20-39(31-38)54(40-30-29-36-17-4-5-18-37(36)32-40)41-33-45-44-23-8-12-27-50(44)55-51-28-13-11-26-48(51)53(49(34-41)52(45)55)46-24-9-6-21-42(46)43-22-7-10-25-47(43)53/h1-34H. The van der Waals surface area contributed by atoms with Crippen LogP contribution in [-0.2, 0) is 5.41 Å². The second kappa shape index (κ2) is 11.4. The molecule has 0 unspecified atom stereocenters. The highest BCUT2D eigenvalue weighted by Gasteiger charge is 2.51. The van der Waals surface area contributed by atoms with Crippen LogP contribution in [0.2, 0.25) is 0 Å². The minimum atomic E-state index is -0.524. The minimum Gasteiger partial charge on any atom is -0.310 e. The predicted octanol–water partition coefficient (Wildman–Crippen LogP) is 13.8. The van der Waals surface area contributed by atoms with Gasteiger partial charge in [-0.2, -0.15) is 0 Å². The first kappa shape index (κ1) is 30.3. The highest BCUT2D eigenvalue weighted by Crippen LogP contribution is 2.61. The molecule has 1 spiro atoms. The van der Waals surface area contributed by atoms with Gasteiger partial charge in [-0.1, -0.05) is 158 Å². The van der Waals surface area contributed by atoms with Crippen LogP contribution >= 0.6 is 0 Å². The van der Waals surface area contributed by atoms with E-state index >= 15 is 0 Å². The molecule has 1 aliphatic carbocycles. The number of fused-ring (bicyclic) bond motifs is 13. The van der Waals surface area contributed by atoms with Crippen LogP contribution in [0.3, 0.4) is 0 Å². The minimum absolute atomic E-state index is 0.524. The number of aromatic nitrogens is 1. The molecule has 256 valence electrons. The van der Waals surface area contributed by atoms with Gasteiger partial charge in [-0.3, -0.25) is 0 Å². The zero-order chi connectivity index (χ0) is 36.1. The Labute approximate surface area is 319 Å². The van der Waals surface area contributed by atoms with E-state index in [1.54, 1.807) is 0 Å². The molecule has 9 aromatic carbocycles. The molecule has 2 heterocycles. The predicted molar refractivity (Wildman–Crippen MR) is 229 cm³/mol. The van der Waals surface area contributed by atoms with Crippen LogP contribution < -0.4 is 4.90 Å². The normalized spacial score (nSPS) is 13.2. The third-order valence-electron chi connectivity index (χ3n) is 12.1. The van der Waals surface area contributed by atoms with E-state index in [9.17, 15) is 0 Å². The second-order valence-corrected chi connectivity index (χ2v) is 14.9. The highest BCUT2D eigenvalue weighted by atomic mass is 15.1. The summed E-state index contributed by atoms with van der Waals surface area (Å²) in [4.78, 5) is 2.47. The molecular weight excluding hydrogens is 665 g/mol. The molecule has 0 atom stereocenters. The van der Waals surface area contributed by atoms with Gasteiger partial charge in [0.1, 0.15) is 0 Å². The fourth-order valence-corrected chi connectivity index (χ4v) is 9.91. The molecule has 55 heavy (non-hydrogen) atoms. The van der Waals surface area contributed by atoms with E-state index in [1.807, 2.05) is 0 Å². The molecule has 2 nitrogen and oxygen atoms in total. The number of para-hydroxylation sites is 2. The first-order valence-electron chi connectivity index (χ1n) is 19.1. The summed E-state index contributed by atoms with van der Waals surface area (Å²) < 4.78 is 2.53. The first-order valence-corrected chi connectivity index (χ1v) is 19.1. The Balaban J connectivity index is 1.24. The molecule has 0 bridgehead atoms. The van der Waals surface area contributed by atoms with Crippen LogP contribution in [0.25, 0.3) is 60.5 Å². The highest BCUT2D eigenvalue weighted by molar-refractivity contribution is 6.14. The summed E-state index contributed by atoms with van der Waals surface area (Å²) in [6, 6.07) is 76.4. The SMILES string of the molecule is c1ccc(-c2cccc(N(c3ccc4ccccc4c3)c3cc4c5c(c3)c3ccccc3n5-c3ccccc3C43c4ccccc4-c4ccccc43)c2)cc1. The van der Waals surface area contributed by atoms with Gasteiger partial charge in [0.15, 0.2) is 0 Å². The van der Waals surface area contributed by atoms with Gasteiger partial charge in [-0.05, 0) is 104 Å². The lowest BCUT2D eigenvalue weighted by atomic mass is 9.65. The Bertz CT molecular complexity index is 3120. The maximum atomic E-state index is 2.53. The van der Waals surface area contributed by atoms with Gasteiger partial charge in [-0.25, -0.2) is 0 Å². The van der Waals surface area contributed by atoms with Crippen molar-refractivity contribution in [3.05, 3.63) is 229 Å². The molecule has 0 amide bonds. The van der Waals surface area contributed by atoms with Crippen molar-refractivity contribution in [1.29, 1.82) is 0 Å². The van der Waals surface area contributed by atoms with Gasteiger partial charge >= 0.3 is 0 Å². The average Bonchev–Trinajstić information content (AvgIpc) is 3.75. The Morgan fingerprint density at radius 1 is 0.364 bits per heavy atom. The van der Waals surface area contributed by atoms with Crippen molar-refractivity contribution in [1.82, 2.24) is 4.57 Å². The lowest BCUT2D eigenvalue weighted by molar-refractivity contribution is 0.748. The third-order valence-corrected chi connectivity index (χ3v) is 12.1. The molecule has 0 saturated carbocycles. The number of hydrogen-bond donors (Lipinski definition) is 0. The molecule has 0 saturated heterocycles. The maximum Gasteiger partial charge on any atom is 0.0755 e. The van der Waals surface area contributed by atoms with Gasteiger partial charge in [0.2, 0.25) is 0 Å². The fourth-order valence-electron chi connectivity index (χ4n) is 9.91. The summed E-state index contributed by atoms with van der Waals surface area (Å²) in [5, 5.41) is 4.95.